The number of anilines is 1. The van der Waals surface area contributed by atoms with Gasteiger partial charge >= 0.3 is 0 Å². The van der Waals surface area contributed by atoms with Crippen molar-refractivity contribution in [3.05, 3.63) is 36.7 Å². The highest BCUT2D eigenvalue weighted by molar-refractivity contribution is 5.89. The molecule has 9 heteroatoms. The number of aromatic nitrogens is 4. The van der Waals surface area contributed by atoms with Crippen LogP contribution in [-0.4, -0.2) is 73.9 Å². The van der Waals surface area contributed by atoms with Crippen molar-refractivity contribution < 1.29 is 20.1 Å². The minimum atomic E-state index is -1.23. The number of fused-ring (bicyclic) bond motifs is 1. The topological polar surface area (TPSA) is 117 Å². The summed E-state index contributed by atoms with van der Waals surface area (Å²) in [5.41, 5.74) is 2.59. The third kappa shape index (κ3) is 2.85. The molecule has 0 amide bonds. The van der Waals surface area contributed by atoms with Gasteiger partial charge in [-0.2, -0.15) is 0 Å². The van der Waals surface area contributed by atoms with Crippen LogP contribution in [0.3, 0.4) is 0 Å². The van der Waals surface area contributed by atoms with E-state index in [0.29, 0.717) is 22.8 Å². The Morgan fingerprint density at radius 3 is 2.48 bits per heavy atom. The summed E-state index contributed by atoms with van der Waals surface area (Å²) in [4.78, 5) is 15.2. The molecule has 1 saturated heterocycles. The molecular formula is C18H21N5O4. The monoisotopic (exact) mass is 371 g/mol. The van der Waals surface area contributed by atoms with Crippen LogP contribution in [0.5, 0.6) is 0 Å². The Labute approximate surface area is 155 Å². The molecule has 0 radical (unpaired) electrons. The highest BCUT2D eigenvalue weighted by Crippen LogP contribution is 2.36. The first-order valence-corrected chi connectivity index (χ1v) is 8.61. The van der Waals surface area contributed by atoms with Gasteiger partial charge in [0.1, 0.15) is 35.8 Å². The molecule has 1 aromatic carbocycles. The maximum absolute atomic E-state index is 10.5. The van der Waals surface area contributed by atoms with Crippen LogP contribution in [-0.2, 0) is 4.74 Å². The fourth-order valence-corrected chi connectivity index (χ4v) is 3.35. The first kappa shape index (κ1) is 17.8. The molecule has 4 rings (SSSR count). The van der Waals surface area contributed by atoms with Crippen molar-refractivity contribution in [2.24, 2.45) is 0 Å². The van der Waals surface area contributed by atoms with Gasteiger partial charge in [0.25, 0.3) is 0 Å². The highest BCUT2D eigenvalue weighted by atomic mass is 16.6. The largest absolute Gasteiger partial charge is 0.394 e. The van der Waals surface area contributed by atoms with E-state index in [1.807, 2.05) is 44.4 Å². The number of rotatable bonds is 4. The average Bonchev–Trinajstić information content (AvgIpc) is 3.20. The molecule has 27 heavy (non-hydrogen) atoms. The third-order valence-corrected chi connectivity index (χ3v) is 4.68. The van der Waals surface area contributed by atoms with Crippen LogP contribution in [0.25, 0.3) is 22.4 Å². The van der Waals surface area contributed by atoms with E-state index < -0.39 is 31.1 Å². The predicted molar refractivity (Wildman–Crippen MR) is 98.1 cm³/mol. The fourth-order valence-electron chi connectivity index (χ4n) is 3.35. The summed E-state index contributed by atoms with van der Waals surface area (Å²) in [5, 5.41) is 30.0. The molecule has 0 spiro atoms. The molecule has 2 aromatic heterocycles. The van der Waals surface area contributed by atoms with Crippen molar-refractivity contribution in [1.29, 1.82) is 0 Å². The molecule has 3 heterocycles. The SMILES string of the molecule is CN(C)c1nc2c(-c3ccccc3)ncnc2n1[C@@H]1O[C@H](CO)[C@@H](O)[C@H]1O. The Bertz CT molecular complexity index is 946. The first-order chi connectivity index (χ1) is 13.0. The van der Waals surface area contributed by atoms with Gasteiger partial charge in [-0.25, -0.2) is 15.0 Å². The van der Waals surface area contributed by atoms with Crippen LogP contribution in [0, 0.1) is 0 Å². The molecule has 1 fully saturated rings. The van der Waals surface area contributed by atoms with Gasteiger partial charge in [-0.3, -0.25) is 4.57 Å². The Morgan fingerprint density at radius 1 is 1.11 bits per heavy atom. The molecule has 9 nitrogen and oxygen atoms in total. The zero-order valence-electron chi connectivity index (χ0n) is 15.0. The summed E-state index contributed by atoms with van der Waals surface area (Å²) in [5.74, 6) is 0.498. The molecule has 1 aliphatic rings. The molecule has 1 aliphatic heterocycles. The van der Waals surface area contributed by atoms with Gasteiger partial charge in [-0.15, -0.1) is 0 Å². The van der Waals surface area contributed by atoms with Crippen molar-refractivity contribution in [3.8, 4) is 11.3 Å². The molecule has 0 bridgehead atoms. The summed E-state index contributed by atoms with van der Waals surface area (Å²) in [6.45, 7) is -0.400. The number of hydrogen-bond donors (Lipinski definition) is 3. The lowest BCUT2D eigenvalue weighted by Gasteiger charge is -2.22. The van der Waals surface area contributed by atoms with Crippen molar-refractivity contribution >= 4 is 17.1 Å². The second-order valence-electron chi connectivity index (χ2n) is 6.67. The number of nitrogens with zero attached hydrogens (tertiary/aromatic N) is 5. The minimum Gasteiger partial charge on any atom is -0.394 e. The van der Waals surface area contributed by atoms with Gasteiger partial charge in [-0.1, -0.05) is 30.3 Å². The maximum atomic E-state index is 10.5. The van der Waals surface area contributed by atoms with Gasteiger partial charge in [0.2, 0.25) is 5.95 Å². The summed E-state index contributed by atoms with van der Waals surface area (Å²) < 4.78 is 7.34. The van der Waals surface area contributed by atoms with E-state index in [1.54, 1.807) is 9.47 Å². The van der Waals surface area contributed by atoms with E-state index in [-0.39, 0.29) is 0 Å². The molecule has 142 valence electrons. The maximum Gasteiger partial charge on any atom is 0.209 e. The summed E-state index contributed by atoms with van der Waals surface area (Å²) >= 11 is 0. The normalized spacial score (nSPS) is 25.2. The molecule has 3 N–H and O–H groups in total. The molecular weight excluding hydrogens is 350 g/mol. The van der Waals surface area contributed by atoms with Gasteiger partial charge < -0.3 is 25.0 Å². The molecule has 3 aromatic rings. The average molecular weight is 371 g/mol. The van der Waals surface area contributed by atoms with E-state index in [4.69, 9.17) is 4.74 Å². The van der Waals surface area contributed by atoms with E-state index in [9.17, 15) is 15.3 Å². The zero-order chi connectivity index (χ0) is 19.1. The molecule has 0 unspecified atom stereocenters. The van der Waals surface area contributed by atoms with Crippen LogP contribution in [0.2, 0.25) is 0 Å². The lowest BCUT2D eigenvalue weighted by Crippen LogP contribution is -2.33. The number of hydrogen-bond acceptors (Lipinski definition) is 8. The number of aliphatic hydroxyl groups excluding tert-OH is 3. The summed E-state index contributed by atoms with van der Waals surface area (Å²) in [6, 6.07) is 9.62. The van der Waals surface area contributed by atoms with Gasteiger partial charge in [-0.05, 0) is 0 Å². The van der Waals surface area contributed by atoms with Crippen molar-refractivity contribution in [3.63, 3.8) is 0 Å². The van der Waals surface area contributed by atoms with Crippen LogP contribution in [0.15, 0.2) is 36.7 Å². The number of aliphatic hydroxyl groups is 3. The van der Waals surface area contributed by atoms with E-state index in [1.165, 1.54) is 6.33 Å². The zero-order valence-corrected chi connectivity index (χ0v) is 15.0. The van der Waals surface area contributed by atoms with Crippen molar-refractivity contribution in [2.75, 3.05) is 25.6 Å². The van der Waals surface area contributed by atoms with Gasteiger partial charge in [0.15, 0.2) is 11.9 Å². The fraction of sp³-hybridized carbons (Fsp3) is 0.389. The number of ether oxygens (including phenoxy) is 1. The quantitative estimate of drug-likeness (QED) is 0.594. The second kappa shape index (κ2) is 6.86. The van der Waals surface area contributed by atoms with E-state index in [2.05, 4.69) is 15.0 Å². The second-order valence-corrected chi connectivity index (χ2v) is 6.67. The standard InChI is InChI=1S/C18H21N5O4/c1-22(2)18-21-13-12(10-6-4-3-5-7-10)19-9-20-16(13)23(18)17-15(26)14(25)11(8-24)27-17/h3-7,9,11,14-15,17,24-26H,8H2,1-2H3/t11-,14-,15-,17-/m1/s1. The van der Waals surface area contributed by atoms with Crippen LogP contribution >= 0.6 is 0 Å². The van der Waals surface area contributed by atoms with Crippen molar-refractivity contribution in [2.45, 2.75) is 24.5 Å². The summed E-state index contributed by atoms with van der Waals surface area (Å²) in [7, 11) is 3.63. The number of benzene rings is 1. The Kier molecular flexibility index (Phi) is 4.52. The van der Waals surface area contributed by atoms with Crippen LogP contribution in [0.4, 0.5) is 5.95 Å². The number of imidazole rings is 1. The van der Waals surface area contributed by atoms with Gasteiger partial charge in [0, 0.05) is 19.7 Å². The molecule has 4 atom stereocenters. The lowest BCUT2D eigenvalue weighted by atomic mass is 10.1. The Hall–Kier alpha value is -2.59. The van der Waals surface area contributed by atoms with E-state index >= 15 is 0 Å². The molecule has 0 aliphatic carbocycles. The lowest BCUT2D eigenvalue weighted by molar-refractivity contribution is -0.0503. The van der Waals surface area contributed by atoms with Crippen LogP contribution in [0.1, 0.15) is 6.23 Å². The highest BCUT2D eigenvalue weighted by Gasteiger charge is 2.45. The van der Waals surface area contributed by atoms with Crippen molar-refractivity contribution in [1.82, 2.24) is 19.5 Å². The third-order valence-electron chi connectivity index (χ3n) is 4.68. The summed E-state index contributed by atoms with van der Waals surface area (Å²) in [6.07, 6.45) is -2.81. The Balaban J connectivity index is 1.92. The Morgan fingerprint density at radius 2 is 1.85 bits per heavy atom. The van der Waals surface area contributed by atoms with Gasteiger partial charge in [0.05, 0.1) is 6.61 Å². The minimum absolute atomic E-state index is 0.400. The van der Waals surface area contributed by atoms with E-state index in [0.717, 1.165) is 5.56 Å². The predicted octanol–water partition coefficient (Wildman–Crippen LogP) is 0.171. The smallest absolute Gasteiger partial charge is 0.209 e. The first-order valence-electron chi connectivity index (χ1n) is 8.61. The molecule has 0 saturated carbocycles. The van der Waals surface area contributed by atoms with Crippen LogP contribution < -0.4 is 4.90 Å².